The molecule has 30 heavy (non-hydrogen) atoms. The zero-order valence-electron chi connectivity index (χ0n) is 15.5. The molecule has 0 aliphatic carbocycles. The number of amides is 2. The summed E-state index contributed by atoms with van der Waals surface area (Å²) in [7, 11) is 0. The molecule has 0 atom stereocenters. The summed E-state index contributed by atoms with van der Waals surface area (Å²) < 4.78 is 1.52. The van der Waals surface area contributed by atoms with Crippen molar-refractivity contribution in [2.75, 3.05) is 16.4 Å². The molecule has 11 heteroatoms. The second-order valence-electron chi connectivity index (χ2n) is 6.11. The monoisotopic (exact) mass is 475 g/mol. The van der Waals surface area contributed by atoms with E-state index in [2.05, 4.69) is 25.8 Å². The summed E-state index contributed by atoms with van der Waals surface area (Å²) in [6.07, 6.45) is 0. The maximum Gasteiger partial charge on any atom is 0.286 e. The van der Waals surface area contributed by atoms with E-state index < -0.39 is 0 Å². The molecular weight excluding hydrogens is 462 g/mol. The number of aryl methyl sites for hydroxylation is 1. The largest absolute Gasteiger partial charge is 0.325 e. The number of aromatic nitrogens is 3. The average Bonchev–Trinajstić information content (AvgIpc) is 3.36. The number of thiazole rings is 1. The summed E-state index contributed by atoms with van der Waals surface area (Å²) in [5, 5.41) is 14.8. The molecule has 0 saturated heterocycles. The Morgan fingerprint density at radius 2 is 1.93 bits per heavy atom. The van der Waals surface area contributed by atoms with Gasteiger partial charge in [-0.15, -0.1) is 21.5 Å². The van der Waals surface area contributed by atoms with E-state index in [0.717, 1.165) is 15.8 Å². The molecule has 4 aromatic rings. The molecule has 2 heterocycles. The van der Waals surface area contributed by atoms with Crippen molar-refractivity contribution in [2.24, 2.45) is 0 Å². The number of fused-ring (bicyclic) bond motifs is 1. The first-order valence-electron chi connectivity index (χ1n) is 8.67. The SMILES string of the molecule is Cc1ccc(NC(=O)CSc2nnc(NC(=O)c3nc4ccccc4s3)s2)cc1Cl. The summed E-state index contributed by atoms with van der Waals surface area (Å²) in [5.41, 5.74) is 2.36. The number of rotatable bonds is 6. The Kier molecular flexibility index (Phi) is 6.28. The van der Waals surface area contributed by atoms with Crippen LogP contribution < -0.4 is 10.6 Å². The highest BCUT2D eigenvalue weighted by molar-refractivity contribution is 8.01. The quantitative estimate of drug-likeness (QED) is 0.297. The number of benzene rings is 2. The van der Waals surface area contributed by atoms with Crippen molar-refractivity contribution in [3.8, 4) is 0 Å². The van der Waals surface area contributed by atoms with Gasteiger partial charge in [0.1, 0.15) is 0 Å². The van der Waals surface area contributed by atoms with Gasteiger partial charge in [0.25, 0.3) is 5.91 Å². The fraction of sp³-hybridized carbons (Fsp3) is 0.105. The van der Waals surface area contributed by atoms with Crippen LogP contribution in [0.1, 0.15) is 15.4 Å². The average molecular weight is 476 g/mol. The van der Waals surface area contributed by atoms with Crippen LogP contribution in [0.5, 0.6) is 0 Å². The van der Waals surface area contributed by atoms with Gasteiger partial charge in [-0.05, 0) is 36.8 Å². The summed E-state index contributed by atoms with van der Waals surface area (Å²) in [4.78, 5) is 28.9. The van der Waals surface area contributed by atoms with E-state index in [1.807, 2.05) is 37.3 Å². The van der Waals surface area contributed by atoms with Crippen LogP contribution in [0.25, 0.3) is 10.2 Å². The first-order valence-corrected chi connectivity index (χ1v) is 11.7. The normalized spacial score (nSPS) is 10.9. The number of para-hydroxylation sites is 1. The summed E-state index contributed by atoms with van der Waals surface area (Å²) in [6, 6.07) is 12.9. The predicted molar refractivity (Wildman–Crippen MR) is 123 cm³/mol. The molecule has 7 nitrogen and oxygen atoms in total. The van der Waals surface area contributed by atoms with Crippen LogP contribution in [-0.4, -0.2) is 32.7 Å². The lowest BCUT2D eigenvalue weighted by molar-refractivity contribution is -0.113. The van der Waals surface area contributed by atoms with Gasteiger partial charge in [-0.3, -0.25) is 14.9 Å². The van der Waals surface area contributed by atoms with E-state index in [-0.39, 0.29) is 17.6 Å². The number of thioether (sulfide) groups is 1. The molecule has 0 radical (unpaired) electrons. The van der Waals surface area contributed by atoms with Crippen molar-refractivity contribution in [3.05, 3.63) is 58.1 Å². The highest BCUT2D eigenvalue weighted by Crippen LogP contribution is 2.27. The molecule has 4 rings (SSSR count). The number of halogens is 1. The summed E-state index contributed by atoms with van der Waals surface area (Å²) in [5.74, 6) is -0.362. The lowest BCUT2D eigenvalue weighted by Crippen LogP contribution is -2.13. The van der Waals surface area contributed by atoms with Crippen LogP contribution in [0.15, 0.2) is 46.8 Å². The number of carbonyl (C=O) groups excluding carboxylic acids is 2. The van der Waals surface area contributed by atoms with Gasteiger partial charge in [-0.25, -0.2) is 4.98 Å². The Labute approximate surface area is 188 Å². The Hall–Kier alpha value is -2.53. The predicted octanol–water partition coefficient (Wildman–Crippen LogP) is 5.09. The van der Waals surface area contributed by atoms with Crippen LogP contribution in [0.2, 0.25) is 5.02 Å². The van der Waals surface area contributed by atoms with Gasteiger partial charge in [0, 0.05) is 10.7 Å². The molecule has 0 aliphatic heterocycles. The third-order valence-electron chi connectivity index (χ3n) is 3.90. The van der Waals surface area contributed by atoms with Gasteiger partial charge >= 0.3 is 0 Å². The van der Waals surface area contributed by atoms with Gasteiger partial charge < -0.3 is 5.32 Å². The molecule has 2 aromatic heterocycles. The lowest BCUT2D eigenvalue weighted by atomic mass is 10.2. The van der Waals surface area contributed by atoms with E-state index in [1.165, 1.54) is 34.4 Å². The summed E-state index contributed by atoms with van der Waals surface area (Å²) >= 11 is 9.82. The molecule has 2 aromatic carbocycles. The van der Waals surface area contributed by atoms with Gasteiger partial charge in [0.2, 0.25) is 11.0 Å². The van der Waals surface area contributed by atoms with Gasteiger partial charge in [0.05, 0.1) is 16.0 Å². The molecule has 0 fully saturated rings. The number of hydrogen-bond donors (Lipinski definition) is 2. The lowest BCUT2D eigenvalue weighted by Gasteiger charge is -2.05. The van der Waals surface area contributed by atoms with Crippen LogP contribution in [0.4, 0.5) is 10.8 Å². The molecule has 2 N–H and O–H groups in total. The standard InChI is InChI=1S/C19H14ClN5O2S3/c1-10-6-7-11(8-12(10)20)21-15(26)9-28-19-25-24-18(30-19)23-16(27)17-22-13-4-2-3-5-14(13)29-17/h2-8H,9H2,1H3,(H,21,26)(H,23,24,27). The van der Waals surface area contributed by atoms with Crippen molar-refractivity contribution < 1.29 is 9.59 Å². The van der Waals surface area contributed by atoms with Crippen molar-refractivity contribution >= 4 is 78.9 Å². The second kappa shape index (κ2) is 9.09. The van der Waals surface area contributed by atoms with E-state index in [4.69, 9.17) is 11.6 Å². The maximum absolute atomic E-state index is 12.4. The van der Waals surface area contributed by atoms with E-state index in [9.17, 15) is 9.59 Å². The molecule has 0 saturated carbocycles. The molecule has 0 unspecified atom stereocenters. The number of carbonyl (C=O) groups is 2. The first-order chi connectivity index (χ1) is 14.5. The number of nitrogens with zero attached hydrogens (tertiary/aromatic N) is 3. The smallest absolute Gasteiger partial charge is 0.286 e. The summed E-state index contributed by atoms with van der Waals surface area (Å²) in [6.45, 7) is 1.90. The fourth-order valence-electron chi connectivity index (χ4n) is 2.43. The minimum absolute atomic E-state index is 0.159. The van der Waals surface area contributed by atoms with Gasteiger partial charge in [-0.1, -0.05) is 52.9 Å². The first kappa shape index (κ1) is 20.7. The number of anilines is 2. The Morgan fingerprint density at radius 1 is 1.10 bits per heavy atom. The minimum atomic E-state index is -0.335. The fourth-order valence-corrected chi connectivity index (χ4v) is 5.02. The molecule has 0 spiro atoms. The van der Waals surface area contributed by atoms with Crippen molar-refractivity contribution in [3.63, 3.8) is 0 Å². The highest BCUT2D eigenvalue weighted by atomic mass is 35.5. The number of nitrogens with one attached hydrogen (secondary N) is 2. The van der Waals surface area contributed by atoms with E-state index in [0.29, 0.717) is 25.2 Å². The molecule has 152 valence electrons. The van der Waals surface area contributed by atoms with Crippen LogP contribution in [0.3, 0.4) is 0 Å². The Morgan fingerprint density at radius 3 is 2.73 bits per heavy atom. The minimum Gasteiger partial charge on any atom is -0.325 e. The van der Waals surface area contributed by atoms with Gasteiger partial charge in [0.15, 0.2) is 9.35 Å². The zero-order chi connectivity index (χ0) is 21.1. The third kappa shape index (κ3) is 4.96. The third-order valence-corrected chi connectivity index (χ3v) is 7.31. The van der Waals surface area contributed by atoms with Gasteiger partial charge in [-0.2, -0.15) is 0 Å². The highest BCUT2D eigenvalue weighted by Gasteiger charge is 2.15. The van der Waals surface area contributed by atoms with Crippen LogP contribution in [0, 0.1) is 6.92 Å². The zero-order valence-corrected chi connectivity index (χ0v) is 18.7. The van der Waals surface area contributed by atoms with Crippen molar-refractivity contribution in [2.45, 2.75) is 11.3 Å². The van der Waals surface area contributed by atoms with E-state index >= 15 is 0 Å². The van der Waals surface area contributed by atoms with Crippen molar-refractivity contribution in [1.82, 2.24) is 15.2 Å². The second-order valence-corrected chi connectivity index (χ2v) is 9.75. The Bertz CT molecular complexity index is 1210. The topological polar surface area (TPSA) is 96.9 Å². The van der Waals surface area contributed by atoms with Crippen molar-refractivity contribution in [1.29, 1.82) is 0 Å². The van der Waals surface area contributed by atoms with Crippen LogP contribution >= 0.6 is 46.0 Å². The number of hydrogen-bond acceptors (Lipinski definition) is 8. The van der Waals surface area contributed by atoms with E-state index in [1.54, 1.807) is 12.1 Å². The molecular formula is C19H14ClN5O2S3. The molecule has 0 bridgehead atoms. The molecule has 0 aliphatic rings. The maximum atomic E-state index is 12.4. The Balaban J connectivity index is 1.31. The molecule has 2 amide bonds. The van der Waals surface area contributed by atoms with Crippen LogP contribution in [-0.2, 0) is 4.79 Å².